The molecule has 0 bridgehead atoms. The molecule has 0 amide bonds. The summed E-state index contributed by atoms with van der Waals surface area (Å²) in [5.41, 5.74) is 3.37. The smallest absolute Gasteiger partial charge is 0.169 e. The van der Waals surface area contributed by atoms with Crippen LogP contribution in [0, 0.1) is 13.8 Å². The van der Waals surface area contributed by atoms with E-state index in [9.17, 15) is 4.79 Å². The van der Waals surface area contributed by atoms with Gasteiger partial charge < -0.3 is 0 Å². The van der Waals surface area contributed by atoms with Crippen molar-refractivity contribution < 1.29 is 4.79 Å². The third-order valence-corrected chi connectivity index (χ3v) is 2.90. The van der Waals surface area contributed by atoms with Gasteiger partial charge in [0.1, 0.15) is 0 Å². The number of carbonyl (C=O) groups is 1. The van der Waals surface area contributed by atoms with Crippen molar-refractivity contribution in [2.75, 3.05) is 0 Å². The first-order valence-corrected chi connectivity index (χ1v) is 6.09. The molecule has 4 nitrogen and oxygen atoms in total. The summed E-state index contributed by atoms with van der Waals surface area (Å²) in [5, 5.41) is 4.17. The highest BCUT2D eigenvalue weighted by atomic mass is 16.1. The highest BCUT2D eigenvalue weighted by molar-refractivity contribution is 5.98. The van der Waals surface area contributed by atoms with Crippen LogP contribution in [-0.4, -0.2) is 20.5 Å². The van der Waals surface area contributed by atoms with Gasteiger partial charge in [0, 0.05) is 36.1 Å². The van der Waals surface area contributed by atoms with E-state index in [0.29, 0.717) is 12.0 Å². The predicted molar refractivity (Wildman–Crippen MR) is 69.6 cm³/mol. The van der Waals surface area contributed by atoms with E-state index in [1.54, 1.807) is 6.20 Å². The second-order valence-electron chi connectivity index (χ2n) is 4.39. The summed E-state index contributed by atoms with van der Waals surface area (Å²) < 4.78 is 1.82. The lowest BCUT2D eigenvalue weighted by Crippen LogP contribution is -2.07. The normalized spacial score (nSPS) is 10.6. The maximum atomic E-state index is 12.2. The van der Waals surface area contributed by atoms with E-state index >= 15 is 0 Å². The van der Waals surface area contributed by atoms with Gasteiger partial charge in [0.15, 0.2) is 5.78 Å². The third kappa shape index (κ3) is 2.64. The number of aromatic nitrogens is 3. The SMILES string of the molecule is CCn1cc(CC(=O)c2ccc(C)nc2C)cn1. The Balaban J connectivity index is 2.16. The van der Waals surface area contributed by atoms with E-state index in [0.717, 1.165) is 23.5 Å². The first kappa shape index (κ1) is 12.5. The van der Waals surface area contributed by atoms with E-state index < -0.39 is 0 Å². The third-order valence-electron chi connectivity index (χ3n) is 2.90. The molecule has 0 saturated carbocycles. The topological polar surface area (TPSA) is 47.8 Å². The van der Waals surface area contributed by atoms with Crippen LogP contribution in [0.25, 0.3) is 0 Å². The zero-order valence-electron chi connectivity index (χ0n) is 11.0. The van der Waals surface area contributed by atoms with Gasteiger partial charge in [-0.15, -0.1) is 0 Å². The minimum absolute atomic E-state index is 0.0932. The Hall–Kier alpha value is -1.97. The van der Waals surface area contributed by atoms with Gasteiger partial charge in [-0.25, -0.2) is 0 Å². The number of aryl methyl sites for hydroxylation is 3. The van der Waals surface area contributed by atoms with Gasteiger partial charge in [0.25, 0.3) is 0 Å². The first-order chi connectivity index (χ1) is 8.60. The van der Waals surface area contributed by atoms with Gasteiger partial charge in [-0.05, 0) is 38.5 Å². The lowest BCUT2D eigenvalue weighted by atomic mass is 10.0. The summed E-state index contributed by atoms with van der Waals surface area (Å²) in [6.07, 6.45) is 4.04. The predicted octanol–water partition coefficient (Wildman–Crippen LogP) is 2.34. The minimum atomic E-state index is 0.0932. The number of ketones is 1. The van der Waals surface area contributed by atoms with Crippen molar-refractivity contribution in [3.63, 3.8) is 0 Å². The highest BCUT2D eigenvalue weighted by Gasteiger charge is 2.11. The Bertz CT molecular complexity index is 572. The fourth-order valence-corrected chi connectivity index (χ4v) is 1.93. The van der Waals surface area contributed by atoms with Gasteiger partial charge >= 0.3 is 0 Å². The molecule has 0 atom stereocenters. The van der Waals surface area contributed by atoms with E-state index in [1.807, 2.05) is 43.8 Å². The molecular weight excluding hydrogens is 226 g/mol. The summed E-state index contributed by atoms with van der Waals surface area (Å²) >= 11 is 0. The van der Waals surface area contributed by atoms with E-state index in [1.165, 1.54) is 0 Å². The van der Waals surface area contributed by atoms with Crippen molar-refractivity contribution in [3.8, 4) is 0 Å². The lowest BCUT2D eigenvalue weighted by Gasteiger charge is -2.04. The molecule has 0 fully saturated rings. The molecule has 0 unspecified atom stereocenters. The van der Waals surface area contributed by atoms with E-state index in [4.69, 9.17) is 0 Å². The van der Waals surface area contributed by atoms with Crippen LogP contribution in [0.4, 0.5) is 0 Å². The maximum absolute atomic E-state index is 12.2. The summed E-state index contributed by atoms with van der Waals surface area (Å²) in [6, 6.07) is 3.72. The maximum Gasteiger partial charge on any atom is 0.169 e. The molecule has 4 heteroatoms. The van der Waals surface area contributed by atoms with Gasteiger partial charge in [0.2, 0.25) is 0 Å². The quantitative estimate of drug-likeness (QED) is 0.774. The zero-order chi connectivity index (χ0) is 13.1. The van der Waals surface area contributed by atoms with Gasteiger partial charge in [0.05, 0.1) is 6.20 Å². The Kier molecular flexibility index (Phi) is 3.55. The summed E-state index contributed by atoms with van der Waals surface area (Å²) in [5.74, 6) is 0.0932. The van der Waals surface area contributed by atoms with E-state index in [2.05, 4.69) is 10.1 Å². The molecule has 0 aromatic carbocycles. The molecule has 0 aliphatic carbocycles. The summed E-state index contributed by atoms with van der Waals surface area (Å²) in [7, 11) is 0. The molecular formula is C14H17N3O. The van der Waals surface area contributed by atoms with Crippen LogP contribution in [-0.2, 0) is 13.0 Å². The van der Waals surface area contributed by atoms with Crippen LogP contribution in [0.2, 0.25) is 0 Å². The molecule has 0 saturated heterocycles. The molecule has 0 aliphatic heterocycles. The second kappa shape index (κ2) is 5.12. The van der Waals surface area contributed by atoms with Crippen LogP contribution in [0.3, 0.4) is 0 Å². The van der Waals surface area contributed by atoms with Crippen molar-refractivity contribution >= 4 is 5.78 Å². The number of hydrogen-bond acceptors (Lipinski definition) is 3. The molecule has 94 valence electrons. The van der Waals surface area contributed by atoms with E-state index in [-0.39, 0.29) is 5.78 Å². The molecule has 0 N–H and O–H groups in total. The summed E-state index contributed by atoms with van der Waals surface area (Å²) in [6.45, 7) is 6.63. The number of pyridine rings is 1. The van der Waals surface area contributed by atoms with Crippen LogP contribution < -0.4 is 0 Å². The molecule has 2 aromatic heterocycles. The molecule has 2 heterocycles. The molecule has 0 radical (unpaired) electrons. The number of rotatable bonds is 4. The monoisotopic (exact) mass is 243 g/mol. The number of hydrogen-bond donors (Lipinski definition) is 0. The standard InChI is InChI=1S/C14H17N3O/c1-4-17-9-12(8-15-17)7-14(18)13-6-5-10(2)16-11(13)3/h5-6,8-9H,4,7H2,1-3H3. The first-order valence-electron chi connectivity index (χ1n) is 6.09. The molecule has 2 rings (SSSR count). The largest absolute Gasteiger partial charge is 0.294 e. The average Bonchev–Trinajstić information content (AvgIpc) is 2.76. The second-order valence-corrected chi connectivity index (χ2v) is 4.39. The minimum Gasteiger partial charge on any atom is -0.294 e. The van der Waals surface area contributed by atoms with Crippen molar-refractivity contribution in [3.05, 3.63) is 47.0 Å². The highest BCUT2D eigenvalue weighted by Crippen LogP contribution is 2.11. The van der Waals surface area contributed by atoms with Crippen molar-refractivity contribution in [1.82, 2.24) is 14.8 Å². The molecule has 0 aliphatic rings. The Morgan fingerprint density at radius 3 is 2.72 bits per heavy atom. The molecule has 0 spiro atoms. The number of nitrogens with zero attached hydrogens (tertiary/aromatic N) is 3. The zero-order valence-corrected chi connectivity index (χ0v) is 11.0. The van der Waals surface area contributed by atoms with Crippen molar-refractivity contribution in [2.45, 2.75) is 33.7 Å². The van der Waals surface area contributed by atoms with Gasteiger partial charge in [-0.2, -0.15) is 5.10 Å². The number of carbonyl (C=O) groups excluding carboxylic acids is 1. The van der Waals surface area contributed by atoms with Crippen LogP contribution in [0.15, 0.2) is 24.5 Å². The molecule has 18 heavy (non-hydrogen) atoms. The Morgan fingerprint density at radius 1 is 1.33 bits per heavy atom. The van der Waals surface area contributed by atoms with Gasteiger partial charge in [-0.3, -0.25) is 14.5 Å². The number of Topliss-reactive ketones (excluding diaryl/α,β-unsaturated/α-hetero) is 1. The molecule has 2 aromatic rings. The summed E-state index contributed by atoms with van der Waals surface area (Å²) in [4.78, 5) is 16.5. The fourth-order valence-electron chi connectivity index (χ4n) is 1.93. The Labute approximate surface area is 107 Å². The van der Waals surface area contributed by atoms with Crippen molar-refractivity contribution in [2.24, 2.45) is 0 Å². The van der Waals surface area contributed by atoms with Crippen molar-refractivity contribution in [1.29, 1.82) is 0 Å². The Morgan fingerprint density at radius 2 is 2.11 bits per heavy atom. The average molecular weight is 243 g/mol. The van der Waals surface area contributed by atoms with Crippen LogP contribution >= 0.6 is 0 Å². The van der Waals surface area contributed by atoms with Gasteiger partial charge in [-0.1, -0.05) is 0 Å². The fraction of sp³-hybridized carbons (Fsp3) is 0.357. The van der Waals surface area contributed by atoms with Crippen LogP contribution in [0.1, 0.15) is 34.2 Å². The lowest BCUT2D eigenvalue weighted by molar-refractivity contribution is 0.0992. The van der Waals surface area contributed by atoms with Crippen LogP contribution in [0.5, 0.6) is 0 Å².